The van der Waals surface area contributed by atoms with E-state index < -0.39 is 35.9 Å². The molecule has 10 nitrogen and oxygen atoms in total. The van der Waals surface area contributed by atoms with Crippen LogP contribution in [0.2, 0.25) is 0 Å². The van der Waals surface area contributed by atoms with Gasteiger partial charge < -0.3 is 30.8 Å². The number of carbonyl (C=O) groups is 2. The van der Waals surface area contributed by atoms with Crippen molar-refractivity contribution in [2.45, 2.75) is 19.1 Å². The van der Waals surface area contributed by atoms with Gasteiger partial charge in [0, 0.05) is 18.5 Å². The van der Waals surface area contributed by atoms with Gasteiger partial charge in [-0.1, -0.05) is 12.1 Å². The van der Waals surface area contributed by atoms with Crippen LogP contribution in [0.25, 0.3) is 33.3 Å². The second-order valence-corrected chi connectivity index (χ2v) is 7.47. The highest BCUT2D eigenvalue weighted by molar-refractivity contribution is 5.85. The molecule has 2 heterocycles. The Kier molecular flexibility index (Phi) is 6.05. The Morgan fingerprint density at radius 2 is 1.91 bits per heavy atom. The SMILES string of the molecule is O=C(O)CC(O)CNC(=O)NCc1ccc2nc(-c3cc4c(F)cccc4[nH]c3=O)[nH]c2c1. The van der Waals surface area contributed by atoms with E-state index in [9.17, 15) is 23.9 Å². The van der Waals surface area contributed by atoms with E-state index in [0.717, 1.165) is 5.56 Å². The normalized spacial score (nSPS) is 12.1. The first-order valence-electron chi connectivity index (χ1n) is 10.0. The number of H-pyrrole nitrogens is 2. The molecule has 4 aromatic rings. The van der Waals surface area contributed by atoms with Crippen molar-refractivity contribution in [2.24, 2.45) is 0 Å². The summed E-state index contributed by atoms with van der Waals surface area (Å²) in [6.07, 6.45) is -1.65. The number of hydrogen-bond donors (Lipinski definition) is 6. The van der Waals surface area contributed by atoms with Gasteiger partial charge >= 0.3 is 12.0 Å². The smallest absolute Gasteiger partial charge is 0.315 e. The van der Waals surface area contributed by atoms with Gasteiger partial charge in [-0.25, -0.2) is 14.2 Å². The van der Waals surface area contributed by atoms with E-state index in [1.54, 1.807) is 24.3 Å². The minimum Gasteiger partial charge on any atom is -0.481 e. The molecule has 2 aromatic carbocycles. The first-order valence-corrected chi connectivity index (χ1v) is 10.0. The minimum absolute atomic E-state index is 0.160. The predicted octanol–water partition coefficient (Wildman–Crippen LogP) is 1.85. The first kappa shape index (κ1) is 22.0. The van der Waals surface area contributed by atoms with Gasteiger partial charge in [0.15, 0.2) is 0 Å². The largest absolute Gasteiger partial charge is 0.481 e. The summed E-state index contributed by atoms with van der Waals surface area (Å²) in [6, 6.07) is 10.6. The maximum absolute atomic E-state index is 14.1. The monoisotopic (exact) mass is 453 g/mol. The fourth-order valence-electron chi connectivity index (χ4n) is 3.39. The highest BCUT2D eigenvalue weighted by Crippen LogP contribution is 2.22. The summed E-state index contributed by atoms with van der Waals surface area (Å²) in [5, 5.41) is 23.4. The van der Waals surface area contributed by atoms with Crippen LogP contribution in [0.1, 0.15) is 12.0 Å². The third-order valence-corrected chi connectivity index (χ3v) is 5.00. The Bertz CT molecular complexity index is 1410. The van der Waals surface area contributed by atoms with Crippen LogP contribution < -0.4 is 16.2 Å². The lowest BCUT2D eigenvalue weighted by Crippen LogP contribution is -2.39. The van der Waals surface area contributed by atoms with E-state index in [4.69, 9.17) is 5.11 Å². The number of benzene rings is 2. The quantitative estimate of drug-likeness (QED) is 0.250. The number of carboxylic acids is 1. The Hall–Kier alpha value is -4.25. The summed E-state index contributed by atoms with van der Waals surface area (Å²) < 4.78 is 14.1. The molecular weight excluding hydrogens is 433 g/mol. The van der Waals surface area contributed by atoms with Crippen LogP contribution in [0.4, 0.5) is 9.18 Å². The van der Waals surface area contributed by atoms with E-state index in [2.05, 4.69) is 25.6 Å². The second kappa shape index (κ2) is 9.09. The average Bonchev–Trinajstić information content (AvgIpc) is 3.18. The lowest BCUT2D eigenvalue weighted by atomic mass is 10.1. The van der Waals surface area contributed by atoms with Crippen molar-refractivity contribution in [1.82, 2.24) is 25.6 Å². The molecule has 1 unspecified atom stereocenters. The number of hydrogen-bond acceptors (Lipinski definition) is 5. The molecule has 4 rings (SSSR count). The molecule has 0 spiro atoms. The van der Waals surface area contributed by atoms with E-state index >= 15 is 0 Å². The molecule has 33 heavy (non-hydrogen) atoms. The molecule has 0 saturated heterocycles. The number of amides is 2. The van der Waals surface area contributed by atoms with Crippen LogP contribution in [-0.2, 0) is 11.3 Å². The molecule has 0 radical (unpaired) electrons. The van der Waals surface area contributed by atoms with Crippen molar-refractivity contribution in [2.75, 3.05) is 6.54 Å². The summed E-state index contributed by atoms with van der Waals surface area (Å²) in [5.74, 6) is -1.33. The van der Waals surface area contributed by atoms with Gasteiger partial charge in [0.1, 0.15) is 11.6 Å². The first-order chi connectivity index (χ1) is 15.8. The maximum atomic E-state index is 14.1. The number of aliphatic carboxylic acids is 1. The Balaban J connectivity index is 1.48. The van der Waals surface area contributed by atoms with Gasteiger partial charge in [0.2, 0.25) is 0 Å². The molecular formula is C22H20FN5O5. The number of aliphatic hydroxyl groups is 1. The Morgan fingerprint density at radius 1 is 1.09 bits per heavy atom. The number of fused-ring (bicyclic) bond motifs is 2. The van der Waals surface area contributed by atoms with Crippen molar-refractivity contribution in [3.63, 3.8) is 0 Å². The number of pyridine rings is 1. The van der Waals surface area contributed by atoms with Crippen LogP contribution in [0.3, 0.4) is 0 Å². The highest BCUT2D eigenvalue weighted by Gasteiger charge is 2.13. The molecule has 0 saturated carbocycles. The summed E-state index contributed by atoms with van der Waals surface area (Å²) in [7, 11) is 0. The molecule has 170 valence electrons. The number of aliphatic hydroxyl groups excluding tert-OH is 1. The number of nitrogens with one attached hydrogen (secondary N) is 4. The molecule has 6 N–H and O–H groups in total. The lowest BCUT2D eigenvalue weighted by molar-refractivity contribution is -0.139. The van der Waals surface area contributed by atoms with Crippen LogP contribution in [0.5, 0.6) is 0 Å². The van der Waals surface area contributed by atoms with E-state index in [-0.39, 0.29) is 29.9 Å². The number of carbonyl (C=O) groups excluding carboxylic acids is 1. The standard InChI is InChI=1S/C22H20FN5O5/c23-15-2-1-3-16-13(15)8-14(21(32)28-16)20-26-17-5-4-11(6-18(17)27-20)9-24-22(33)25-10-12(29)7-19(30)31/h1-6,8,12,29H,7,9-10H2,(H,26,27)(H,28,32)(H,30,31)(H2,24,25,33). The summed E-state index contributed by atoms with van der Waals surface area (Å²) in [4.78, 5) is 45.0. The molecule has 2 aromatic heterocycles. The van der Waals surface area contributed by atoms with E-state index in [1.807, 2.05) is 0 Å². The van der Waals surface area contributed by atoms with Gasteiger partial charge in [0.25, 0.3) is 5.56 Å². The van der Waals surface area contributed by atoms with Crippen LogP contribution in [0, 0.1) is 5.82 Å². The molecule has 0 aliphatic carbocycles. The summed E-state index contributed by atoms with van der Waals surface area (Å²) >= 11 is 0. The predicted molar refractivity (Wildman–Crippen MR) is 118 cm³/mol. The number of nitrogens with zero attached hydrogens (tertiary/aromatic N) is 1. The second-order valence-electron chi connectivity index (χ2n) is 7.47. The minimum atomic E-state index is -1.18. The van der Waals surface area contributed by atoms with Crippen molar-refractivity contribution in [3.05, 3.63) is 64.2 Å². The number of halogens is 1. The topological polar surface area (TPSA) is 160 Å². The van der Waals surface area contributed by atoms with Crippen molar-refractivity contribution in [1.29, 1.82) is 0 Å². The van der Waals surface area contributed by atoms with Gasteiger partial charge in [-0.2, -0.15) is 0 Å². The average molecular weight is 453 g/mol. The van der Waals surface area contributed by atoms with Gasteiger partial charge in [0.05, 0.1) is 34.6 Å². The van der Waals surface area contributed by atoms with Crippen molar-refractivity contribution >= 4 is 33.9 Å². The van der Waals surface area contributed by atoms with Crippen molar-refractivity contribution in [3.8, 4) is 11.4 Å². The number of aromatic amines is 2. The maximum Gasteiger partial charge on any atom is 0.315 e. The number of carboxylic acid groups (broad SMARTS) is 1. The zero-order valence-electron chi connectivity index (χ0n) is 17.2. The van der Waals surface area contributed by atoms with Crippen LogP contribution in [0.15, 0.2) is 47.3 Å². The van der Waals surface area contributed by atoms with E-state index in [0.29, 0.717) is 16.6 Å². The highest BCUT2D eigenvalue weighted by atomic mass is 19.1. The Morgan fingerprint density at radius 3 is 2.70 bits per heavy atom. The van der Waals surface area contributed by atoms with Gasteiger partial charge in [-0.05, 0) is 35.9 Å². The fourth-order valence-corrected chi connectivity index (χ4v) is 3.39. The third-order valence-electron chi connectivity index (χ3n) is 5.00. The number of imidazole rings is 1. The third kappa shape index (κ3) is 4.99. The molecule has 11 heteroatoms. The zero-order chi connectivity index (χ0) is 23.5. The fraction of sp³-hybridized carbons (Fsp3) is 0.182. The van der Waals surface area contributed by atoms with Crippen molar-refractivity contribution < 1.29 is 24.2 Å². The molecule has 0 aliphatic rings. The van der Waals surface area contributed by atoms with Crippen LogP contribution >= 0.6 is 0 Å². The lowest BCUT2D eigenvalue weighted by Gasteiger charge is -2.11. The number of rotatable bonds is 7. The molecule has 1 atom stereocenters. The zero-order valence-corrected chi connectivity index (χ0v) is 17.2. The van der Waals surface area contributed by atoms with Gasteiger partial charge in [-0.15, -0.1) is 0 Å². The summed E-state index contributed by atoms with van der Waals surface area (Å²) in [6.45, 7) is -0.0328. The van der Waals surface area contributed by atoms with Crippen LogP contribution in [-0.4, -0.2) is 49.8 Å². The molecule has 0 aliphatic heterocycles. The molecule has 0 fully saturated rings. The molecule has 2 amide bonds. The Labute approximate surface area is 185 Å². The number of aromatic nitrogens is 3. The van der Waals surface area contributed by atoms with E-state index in [1.165, 1.54) is 18.2 Å². The number of urea groups is 1. The summed E-state index contributed by atoms with van der Waals surface area (Å²) in [5.41, 5.74) is 2.12. The van der Waals surface area contributed by atoms with Gasteiger partial charge in [-0.3, -0.25) is 9.59 Å². The molecule has 0 bridgehead atoms.